The van der Waals surface area contributed by atoms with Gasteiger partial charge in [-0.25, -0.2) is 0 Å². The zero-order valence-corrected chi connectivity index (χ0v) is 40.6. The molecule has 1 unspecified atom stereocenters. The highest BCUT2D eigenvalue weighted by atomic mass is 16.6. The van der Waals surface area contributed by atoms with Crippen LogP contribution in [0.1, 0.15) is 226 Å². The molecule has 0 saturated heterocycles. The number of rotatable bonds is 46. The minimum Gasteiger partial charge on any atom is -0.462 e. The van der Waals surface area contributed by atoms with E-state index >= 15 is 0 Å². The van der Waals surface area contributed by atoms with Crippen molar-refractivity contribution in [2.45, 2.75) is 232 Å². The number of unbranched alkanes of at least 4 members (excludes halogenated alkanes) is 19. The third-order valence-electron chi connectivity index (χ3n) is 10.6. The first-order valence-electron chi connectivity index (χ1n) is 25.8. The minimum atomic E-state index is -0.554. The summed E-state index contributed by atoms with van der Waals surface area (Å²) in [5, 5.41) is 0. The van der Waals surface area contributed by atoms with Crippen molar-refractivity contribution >= 4 is 11.9 Å². The average Bonchev–Trinajstić information content (AvgIpc) is 3.27. The summed E-state index contributed by atoms with van der Waals surface area (Å²) in [6.07, 6.45) is 69.9. The Morgan fingerprint density at radius 1 is 0.371 bits per heavy atom. The van der Waals surface area contributed by atoms with Crippen molar-refractivity contribution in [1.82, 2.24) is 0 Å². The van der Waals surface area contributed by atoms with Crippen molar-refractivity contribution in [2.75, 3.05) is 19.8 Å². The first-order chi connectivity index (χ1) is 30.6. The Hall–Kier alpha value is -3.18. The van der Waals surface area contributed by atoms with Gasteiger partial charge in [-0.15, -0.1) is 0 Å². The van der Waals surface area contributed by atoms with Gasteiger partial charge >= 0.3 is 11.9 Å². The van der Waals surface area contributed by atoms with Gasteiger partial charge in [0, 0.05) is 19.4 Å². The average molecular weight is 861 g/mol. The van der Waals surface area contributed by atoms with E-state index in [1.54, 1.807) is 0 Å². The molecule has 0 aliphatic carbocycles. The molecule has 0 N–H and O–H groups in total. The lowest BCUT2D eigenvalue weighted by Gasteiger charge is -2.18. The third kappa shape index (κ3) is 49.5. The number of ether oxygens (including phenoxy) is 3. The van der Waals surface area contributed by atoms with Crippen LogP contribution in [0.15, 0.2) is 97.2 Å². The molecule has 0 rings (SSSR count). The number of esters is 2. The van der Waals surface area contributed by atoms with Crippen LogP contribution in [0.5, 0.6) is 0 Å². The fourth-order valence-electron chi connectivity index (χ4n) is 6.84. The van der Waals surface area contributed by atoms with Gasteiger partial charge in [0.2, 0.25) is 0 Å². The number of carbonyl (C=O) groups is 2. The van der Waals surface area contributed by atoms with Crippen LogP contribution in [-0.2, 0) is 23.8 Å². The second-order valence-corrected chi connectivity index (χ2v) is 16.7. The molecule has 0 aromatic carbocycles. The molecule has 1 atom stereocenters. The van der Waals surface area contributed by atoms with Crippen molar-refractivity contribution in [3.63, 3.8) is 0 Å². The van der Waals surface area contributed by atoms with Gasteiger partial charge in [-0.05, 0) is 96.3 Å². The van der Waals surface area contributed by atoms with Gasteiger partial charge in [0.1, 0.15) is 6.61 Å². The van der Waals surface area contributed by atoms with Crippen LogP contribution in [0, 0.1) is 0 Å². The molecule has 0 spiro atoms. The number of carbonyl (C=O) groups excluding carboxylic acids is 2. The highest BCUT2D eigenvalue weighted by Crippen LogP contribution is 2.13. The molecule has 0 aliphatic heterocycles. The molecule has 5 heteroatoms. The maximum atomic E-state index is 12.7. The molecule has 0 aromatic rings. The summed E-state index contributed by atoms with van der Waals surface area (Å²) in [4.78, 5) is 25.3. The van der Waals surface area contributed by atoms with Gasteiger partial charge < -0.3 is 14.2 Å². The number of allylic oxidation sites excluding steroid dienone is 16. The van der Waals surface area contributed by atoms with Crippen LogP contribution in [0.25, 0.3) is 0 Å². The van der Waals surface area contributed by atoms with E-state index in [-0.39, 0.29) is 25.2 Å². The molecule has 0 radical (unpaired) electrons. The van der Waals surface area contributed by atoms with Crippen LogP contribution in [0.4, 0.5) is 0 Å². The van der Waals surface area contributed by atoms with E-state index in [2.05, 4.69) is 118 Å². The lowest BCUT2D eigenvalue weighted by Crippen LogP contribution is -2.30. The van der Waals surface area contributed by atoms with Crippen molar-refractivity contribution in [3.8, 4) is 0 Å². The van der Waals surface area contributed by atoms with Crippen molar-refractivity contribution in [3.05, 3.63) is 97.2 Å². The summed E-state index contributed by atoms with van der Waals surface area (Å²) in [6, 6.07) is 0. The van der Waals surface area contributed by atoms with E-state index in [0.717, 1.165) is 109 Å². The summed E-state index contributed by atoms with van der Waals surface area (Å²) in [6.45, 7) is 7.54. The van der Waals surface area contributed by atoms with Crippen LogP contribution < -0.4 is 0 Å². The Kier molecular flexibility index (Phi) is 49.5. The third-order valence-corrected chi connectivity index (χ3v) is 10.6. The first kappa shape index (κ1) is 58.8. The molecule has 0 heterocycles. The van der Waals surface area contributed by atoms with E-state index in [1.807, 2.05) is 0 Å². The normalized spacial score (nSPS) is 13.0. The molecule has 0 fully saturated rings. The predicted molar refractivity (Wildman–Crippen MR) is 270 cm³/mol. The van der Waals surface area contributed by atoms with Crippen molar-refractivity contribution < 1.29 is 23.8 Å². The van der Waals surface area contributed by atoms with E-state index in [0.29, 0.717) is 19.4 Å². The second-order valence-electron chi connectivity index (χ2n) is 16.7. The van der Waals surface area contributed by atoms with Crippen LogP contribution in [0.3, 0.4) is 0 Å². The standard InChI is InChI=1S/C57H96O5/c1-4-7-10-13-16-19-21-23-25-27-28-29-31-33-35-37-40-43-46-49-52-60-53-55(62-57(59)51-48-45-42-38-18-15-12-9-6-3)54-61-56(58)50-47-44-41-39-36-34-32-30-26-24-22-20-17-14-11-8-5-2/h7-8,10-11,16-17,19-20,23-26,28-29,32,34,55H,4-6,9,12-15,18,21-22,27,30-31,33,35-54H2,1-3H3/b10-7-,11-8-,19-16-,20-17-,25-23-,26-24-,29-28-,34-32-. The van der Waals surface area contributed by atoms with Crippen molar-refractivity contribution in [1.29, 1.82) is 0 Å². The summed E-state index contributed by atoms with van der Waals surface area (Å²) >= 11 is 0. The van der Waals surface area contributed by atoms with Gasteiger partial charge in [-0.3, -0.25) is 9.59 Å². The molecular weight excluding hydrogens is 765 g/mol. The largest absolute Gasteiger partial charge is 0.462 e. The SMILES string of the molecule is CC/C=C\C/C=C\C/C=C\C/C=C\CCCCCCCCCOCC(COC(=O)CCCCCC/C=C\C/C=C\C/C=C\C/C=C\CC)OC(=O)CCCCCCCCCCC. The maximum Gasteiger partial charge on any atom is 0.306 e. The quantitative estimate of drug-likeness (QED) is 0.0347. The van der Waals surface area contributed by atoms with Crippen molar-refractivity contribution in [2.24, 2.45) is 0 Å². The molecular formula is C57H96O5. The molecule has 0 amide bonds. The highest BCUT2D eigenvalue weighted by Gasteiger charge is 2.17. The Labute approximate surface area is 383 Å². The van der Waals surface area contributed by atoms with Gasteiger partial charge in [0.25, 0.3) is 0 Å². The maximum absolute atomic E-state index is 12.7. The molecule has 0 aromatic heterocycles. The molecule has 354 valence electrons. The molecule has 0 bridgehead atoms. The molecule has 0 saturated carbocycles. The van der Waals surface area contributed by atoms with Gasteiger partial charge in [0.15, 0.2) is 6.10 Å². The van der Waals surface area contributed by atoms with Gasteiger partial charge in [0.05, 0.1) is 6.61 Å². The van der Waals surface area contributed by atoms with E-state index < -0.39 is 6.10 Å². The van der Waals surface area contributed by atoms with Gasteiger partial charge in [-0.1, -0.05) is 214 Å². The molecule has 5 nitrogen and oxygen atoms in total. The Morgan fingerprint density at radius 3 is 1.16 bits per heavy atom. The highest BCUT2D eigenvalue weighted by molar-refractivity contribution is 5.70. The van der Waals surface area contributed by atoms with Gasteiger partial charge in [-0.2, -0.15) is 0 Å². The smallest absolute Gasteiger partial charge is 0.306 e. The summed E-state index contributed by atoms with van der Waals surface area (Å²) in [5.41, 5.74) is 0. The fourth-order valence-corrected chi connectivity index (χ4v) is 6.84. The monoisotopic (exact) mass is 861 g/mol. The van der Waals surface area contributed by atoms with Crippen LogP contribution >= 0.6 is 0 Å². The lowest BCUT2D eigenvalue weighted by molar-refractivity contribution is -0.163. The zero-order valence-electron chi connectivity index (χ0n) is 40.6. The summed E-state index contributed by atoms with van der Waals surface area (Å²) in [5.74, 6) is -0.435. The van der Waals surface area contributed by atoms with E-state index in [9.17, 15) is 9.59 Å². The van der Waals surface area contributed by atoms with E-state index in [1.165, 1.54) is 83.5 Å². The number of hydrogen-bond donors (Lipinski definition) is 0. The van der Waals surface area contributed by atoms with Crippen LogP contribution in [-0.4, -0.2) is 37.9 Å². The summed E-state index contributed by atoms with van der Waals surface area (Å²) in [7, 11) is 0. The van der Waals surface area contributed by atoms with Crippen LogP contribution in [0.2, 0.25) is 0 Å². The Morgan fingerprint density at radius 2 is 0.726 bits per heavy atom. The second kappa shape index (κ2) is 52.2. The van der Waals surface area contributed by atoms with E-state index in [4.69, 9.17) is 14.2 Å². The summed E-state index contributed by atoms with van der Waals surface area (Å²) < 4.78 is 17.4. The number of hydrogen-bond acceptors (Lipinski definition) is 5. The lowest BCUT2D eigenvalue weighted by atomic mass is 10.1. The minimum absolute atomic E-state index is 0.0646. The molecule has 0 aliphatic rings. The first-order valence-corrected chi connectivity index (χ1v) is 25.8. The topological polar surface area (TPSA) is 61.8 Å². The fraction of sp³-hybridized carbons (Fsp3) is 0.684. The predicted octanol–water partition coefficient (Wildman–Crippen LogP) is 17.5. The Balaban J connectivity index is 4.26. The molecule has 62 heavy (non-hydrogen) atoms. The zero-order chi connectivity index (χ0) is 44.9. The Bertz CT molecular complexity index is 1200.